The number of rotatable bonds is 3. The summed E-state index contributed by atoms with van der Waals surface area (Å²) in [6.45, 7) is 3.94. The zero-order valence-electron chi connectivity index (χ0n) is 15.6. The Bertz CT molecular complexity index is 991. The largest absolute Gasteiger partial charge is 0.354 e. The molecular weight excluding hydrogens is 379 g/mol. The van der Waals surface area contributed by atoms with Gasteiger partial charge < -0.3 is 4.90 Å². The summed E-state index contributed by atoms with van der Waals surface area (Å²) in [5.41, 5.74) is 3.06. The van der Waals surface area contributed by atoms with E-state index in [9.17, 15) is 4.39 Å². The van der Waals surface area contributed by atoms with Gasteiger partial charge >= 0.3 is 0 Å². The fraction of sp³-hybridized carbons (Fsp3) is 0.450. The molecule has 0 bridgehead atoms. The maximum atomic E-state index is 14.1. The monoisotopic (exact) mass is 400 g/mol. The molecule has 1 aliphatic carbocycles. The average molecular weight is 401 g/mol. The highest BCUT2D eigenvalue weighted by Gasteiger charge is 2.26. The lowest BCUT2D eigenvalue weighted by atomic mass is 9.96. The van der Waals surface area contributed by atoms with Gasteiger partial charge in [0.2, 0.25) is 0 Å². The van der Waals surface area contributed by atoms with Crippen molar-refractivity contribution >= 4 is 23.2 Å². The Morgan fingerprint density at radius 1 is 1.07 bits per heavy atom. The molecule has 0 amide bonds. The van der Waals surface area contributed by atoms with Crippen LogP contribution in [0.5, 0.6) is 0 Å². The third-order valence-corrected chi connectivity index (χ3v) is 6.14. The van der Waals surface area contributed by atoms with Gasteiger partial charge in [-0.1, -0.05) is 17.7 Å². The molecule has 3 aromatic rings. The standard InChI is InChI=1S/C20H22ClFN6/c21-16-5-3-6-17(22)15(16)12-26-8-10-27(11-9-26)19-14-4-1-2-7-18(14)25-20-23-13-24-28(19)20/h3,5-6,13H,1-2,4,7-12H2. The van der Waals surface area contributed by atoms with Gasteiger partial charge in [-0.25, -0.2) is 9.37 Å². The summed E-state index contributed by atoms with van der Waals surface area (Å²) >= 11 is 6.20. The molecule has 3 heterocycles. The molecule has 0 saturated carbocycles. The van der Waals surface area contributed by atoms with Gasteiger partial charge in [-0.05, 0) is 37.8 Å². The maximum Gasteiger partial charge on any atom is 0.254 e. The predicted octanol–water partition coefficient (Wildman–Crippen LogP) is 3.12. The smallest absolute Gasteiger partial charge is 0.254 e. The van der Waals surface area contributed by atoms with Crippen molar-refractivity contribution in [3.63, 3.8) is 0 Å². The molecule has 8 heteroatoms. The molecule has 1 saturated heterocycles. The van der Waals surface area contributed by atoms with E-state index in [1.807, 2.05) is 4.52 Å². The van der Waals surface area contributed by atoms with Crippen molar-refractivity contribution in [1.82, 2.24) is 24.5 Å². The minimum atomic E-state index is -0.234. The van der Waals surface area contributed by atoms with Crippen LogP contribution in [0.4, 0.5) is 10.2 Å². The van der Waals surface area contributed by atoms with Gasteiger partial charge in [0.25, 0.3) is 5.78 Å². The summed E-state index contributed by atoms with van der Waals surface area (Å²) in [5, 5.41) is 4.93. The molecule has 146 valence electrons. The van der Waals surface area contributed by atoms with E-state index in [4.69, 9.17) is 16.6 Å². The van der Waals surface area contributed by atoms with Crippen LogP contribution in [-0.2, 0) is 19.4 Å². The molecular formula is C20H22ClFN6. The van der Waals surface area contributed by atoms with Gasteiger partial charge in [0, 0.05) is 48.9 Å². The number of hydrogen-bond acceptors (Lipinski definition) is 5. The van der Waals surface area contributed by atoms with Crippen LogP contribution < -0.4 is 4.90 Å². The van der Waals surface area contributed by atoms with Gasteiger partial charge in [-0.2, -0.15) is 14.6 Å². The Hall–Kier alpha value is -2.25. The highest BCUT2D eigenvalue weighted by molar-refractivity contribution is 6.31. The third-order valence-electron chi connectivity index (χ3n) is 5.79. The van der Waals surface area contributed by atoms with Gasteiger partial charge in [0.15, 0.2) is 0 Å². The minimum absolute atomic E-state index is 0.234. The Balaban J connectivity index is 1.38. The summed E-state index contributed by atoms with van der Waals surface area (Å²) in [6.07, 6.45) is 6.00. The molecule has 1 aromatic carbocycles. The number of aromatic nitrogens is 4. The van der Waals surface area contributed by atoms with Crippen LogP contribution in [0.3, 0.4) is 0 Å². The zero-order chi connectivity index (χ0) is 19.1. The van der Waals surface area contributed by atoms with Gasteiger partial charge in [0.1, 0.15) is 18.0 Å². The SMILES string of the molecule is Fc1cccc(Cl)c1CN1CCN(c2c3c(nc4ncnn24)CCCC3)CC1. The Morgan fingerprint density at radius 2 is 1.89 bits per heavy atom. The molecule has 2 aromatic heterocycles. The number of halogens is 2. The van der Waals surface area contributed by atoms with Crippen LogP contribution in [0.1, 0.15) is 29.7 Å². The maximum absolute atomic E-state index is 14.1. The van der Waals surface area contributed by atoms with Crippen molar-refractivity contribution in [2.45, 2.75) is 32.2 Å². The van der Waals surface area contributed by atoms with Crippen LogP contribution in [0, 0.1) is 5.82 Å². The molecule has 0 unspecified atom stereocenters. The summed E-state index contributed by atoms with van der Waals surface area (Å²) in [6, 6.07) is 4.87. The molecule has 1 aliphatic heterocycles. The number of nitrogens with zero attached hydrogens (tertiary/aromatic N) is 6. The van der Waals surface area contributed by atoms with E-state index in [-0.39, 0.29) is 5.82 Å². The molecule has 0 spiro atoms. The van der Waals surface area contributed by atoms with Crippen LogP contribution in [0.25, 0.3) is 5.78 Å². The lowest BCUT2D eigenvalue weighted by Gasteiger charge is -2.37. The number of aryl methyl sites for hydroxylation is 1. The molecule has 0 radical (unpaired) electrons. The zero-order valence-corrected chi connectivity index (χ0v) is 16.4. The van der Waals surface area contributed by atoms with E-state index in [1.165, 1.54) is 30.2 Å². The number of benzene rings is 1. The van der Waals surface area contributed by atoms with E-state index < -0.39 is 0 Å². The number of anilines is 1. The van der Waals surface area contributed by atoms with Gasteiger partial charge in [0.05, 0.1) is 5.69 Å². The van der Waals surface area contributed by atoms with Crippen LogP contribution in [0.15, 0.2) is 24.5 Å². The van der Waals surface area contributed by atoms with Crippen LogP contribution >= 0.6 is 11.6 Å². The van der Waals surface area contributed by atoms with E-state index in [0.29, 0.717) is 22.9 Å². The third kappa shape index (κ3) is 3.12. The highest BCUT2D eigenvalue weighted by Crippen LogP contribution is 2.30. The van der Waals surface area contributed by atoms with Crippen LogP contribution in [-0.4, -0.2) is 50.7 Å². The molecule has 0 atom stereocenters. The van der Waals surface area contributed by atoms with E-state index in [0.717, 1.165) is 44.8 Å². The first kappa shape index (κ1) is 17.8. The lowest BCUT2D eigenvalue weighted by molar-refractivity contribution is 0.245. The average Bonchev–Trinajstić information content (AvgIpc) is 3.18. The summed E-state index contributed by atoms with van der Waals surface area (Å²) < 4.78 is 16.0. The first-order valence-corrected chi connectivity index (χ1v) is 10.2. The summed E-state index contributed by atoms with van der Waals surface area (Å²) in [5.74, 6) is 1.58. The van der Waals surface area contributed by atoms with E-state index in [2.05, 4.69) is 19.9 Å². The van der Waals surface area contributed by atoms with Crippen molar-refractivity contribution in [3.8, 4) is 0 Å². The second-order valence-corrected chi connectivity index (χ2v) is 7.91. The number of fused-ring (bicyclic) bond motifs is 2. The fourth-order valence-corrected chi connectivity index (χ4v) is 4.54. The van der Waals surface area contributed by atoms with Gasteiger partial charge in [-0.3, -0.25) is 4.90 Å². The van der Waals surface area contributed by atoms with Crippen molar-refractivity contribution < 1.29 is 4.39 Å². The van der Waals surface area contributed by atoms with Crippen molar-refractivity contribution in [1.29, 1.82) is 0 Å². The fourth-order valence-electron chi connectivity index (χ4n) is 4.31. The minimum Gasteiger partial charge on any atom is -0.354 e. The predicted molar refractivity (Wildman–Crippen MR) is 106 cm³/mol. The molecule has 6 nitrogen and oxygen atoms in total. The van der Waals surface area contributed by atoms with E-state index >= 15 is 0 Å². The first-order valence-electron chi connectivity index (χ1n) is 9.82. The van der Waals surface area contributed by atoms with Gasteiger partial charge in [-0.15, -0.1) is 0 Å². The normalized spacial score (nSPS) is 17.9. The molecule has 5 rings (SSSR count). The Morgan fingerprint density at radius 3 is 2.71 bits per heavy atom. The molecule has 0 N–H and O–H groups in total. The number of piperazine rings is 1. The van der Waals surface area contributed by atoms with Crippen molar-refractivity contribution in [2.24, 2.45) is 0 Å². The topological polar surface area (TPSA) is 49.6 Å². The highest BCUT2D eigenvalue weighted by atomic mass is 35.5. The summed E-state index contributed by atoms with van der Waals surface area (Å²) in [4.78, 5) is 13.7. The summed E-state index contributed by atoms with van der Waals surface area (Å²) in [7, 11) is 0. The van der Waals surface area contributed by atoms with E-state index in [1.54, 1.807) is 18.5 Å². The van der Waals surface area contributed by atoms with Crippen LogP contribution in [0.2, 0.25) is 5.02 Å². The molecule has 2 aliphatic rings. The molecule has 28 heavy (non-hydrogen) atoms. The second kappa shape index (κ2) is 7.29. The first-order chi connectivity index (χ1) is 13.7. The second-order valence-electron chi connectivity index (χ2n) is 7.50. The Kier molecular flexibility index (Phi) is 4.64. The lowest BCUT2D eigenvalue weighted by Crippen LogP contribution is -2.47. The number of hydrogen-bond donors (Lipinski definition) is 0. The van der Waals surface area contributed by atoms with Crippen molar-refractivity contribution in [3.05, 3.63) is 52.2 Å². The molecule has 1 fully saturated rings. The quantitative estimate of drug-likeness (QED) is 0.676. The Labute approximate surface area is 167 Å². The van der Waals surface area contributed by atoms with Crippen molar-refractivity contribution in [2.75, 3.05) is 31.1 Å².